The molecular weight excluding hydrogens is 325 g/mol. The van der Waals surface area contributed by atoms with Crippen molar-refractivity contribution in [1.82, 2.24) is 14.5 Å². The largest absolute Gasteiger partial charge is 0.346 e. The summed E-state index contributed by atoms with van der Waals surface area (Å²) in [6.07, 6.45) is 1.48. The first kappa shape index (κ1) is 11.1. The highest BCUT2D eigenvalue weighted by Crippen LogP contribution is 2.02. The van der Waals surface area contributed by atoms with Crippen molar-refractivity contribution in [1.29, 1.82) is 0 Å². The zero-order valence-electron chi connectivity index (χ0n) is 8.33. The molecule has 0 saturated carbocycles. The lowest BCUT2D eigenvalue weighted by atomic mass is 10.3. The van der Waals surface area contributed by atoms with Crippen molar-refractivity contribution < 1.29 is 0 Å². The zero-order valence-corrected chi connectivity index (χ0v) is 10.5. The number of hydrogen-bond acceptors (Lipinski definition) is 3. The van der Waals surface area contributed by atoms with Gasteiger partial charge in [-0.2, -0.15) is 0 Å². The van der Waals surface area contributed by atoms with Crippen LogP contribution in [-0.2, 0) is 6.54 Å². The van der Waals surface area contributed by atoms with Gasteiger partial charge in [0.2, 0.25) is 5.43 Å². The van der Waals surface area contributed by atoms with Crippen molar-refractivity contribution >= 4 is 33.6 Å². The molecule has 0 amide bonds. The number of nitrogens with one attached hydrogen (secondary N) is 2. The number of rotatable bonds is 1. The number of fused-ring (bicyclic) bond motifs is 1. The molecule has 0 spiro atoms. The van der Waals surface area contributed by atoms with Gasteiger partial charge in [-0.15, -0.1) is 0 Å². The molecule has 2 rings (SSSR count). The Labute approximate surface area is 102 Å². The van der Waals surface area contributed by atoms with Crippen LogP contribution < -0.4 is 16.7 Å². The molecule has 16 heavy (non-hydrogen) atoms. The number of nitrogens with zero attached hydrogens (tertiary/aromatic N) is 1. The highest BCUT2D eigenvalue weighted by atomic mass is 127. The molecule has 0 atom stereocenters. The van der Waals surface area contributed by atoms with Gasteiger partial charge >= 0.3 is 5.69 Å². The van der Waals surface area contributed by atoms with Crippen molar-refractivity contribution in [3.8, 4) is 0 Å². The van der Waals surface area contributed by atoms with Crippen LogP contribution in [0.5, 0.6) is 0 Å². The van der Waals surface area contributed by atoms with Gasteiger partial charge in [-0.25, -0.2) is 4.79 Å². The SMILES string of the molecule is CCn1c(=O)[nH]c(=O)c2c(=O)c(I)c[nH]c21. The molecule has 6 nitrogen and oxygen atoms in total. The molecule has 0 unspecified atom stereocenters. The Balaban J connectivity index is 3.18. The molecule has 0 aromatic carbocycles. The van der Waals surface area contributed by atoms with Gasteiger partial charge in [-0.3, -0.25) is 19.1 Å². The van der Waals surface area contributed by atoms with Gasteiger partial charge in [0.25, 0.3) is 5.56 Å². The zero-order chi connectivity index (χ0) is 11.9. The van der Waals surface area contributed by atoms with E-state index in [1.807, 2.05) is 22.6 Å². The molecule has 0 saturated heterocycles. The first-order valence-corrected chi connectivity index (χ1v) is 5.68. The minimum Gasteiger partial charge on any atom is -0.346 e. The molecule has 0 aliphatic heterocycles. The Morgan fingerprint density at radius 3 is 2.69 bits per heavy atom. The number of halogens is 1. The third-order valence-corrected chi connectivity index (χ3v) is 3.10. The van der Waals surface area contributed by atoms with E-state index in [-0.39, 0.29) is 16.5 Å². The lowest BCUT2D eigenvalue weighted by molar-refractivity contribution is 0.717. The van der Waals surface area contributed by atoms with Crippen LogP contribution in [0, 0.1) is 3.57 Å². The summed E-state index contributed by atoms with van der Waals surface area (Å²) in [6.45, 7) is 2.14. The molecule has 2 N–H and O–H groups in total. The smallest absolute Gasteiger partial charge is 0.329 e. The summed E-state index contributed by atoms with van der Waals surface area (Å²) < 4.78 is 1.73. The number of aryl methyl sites for hydroxylation is 1. The minimum atomic E-state index is -0.649. The molecule has 0 bridgehead atoms. The lowest BCUT2D eigenvalue weighted by Gasteiger charge is -2.05. The van der Waals surface area contributed by atoms with Crippen molar-refractivity contribution in [2.24, 2.45) is 0 Å². The molecule has 2 aromatic heterocycles. The van der Waals surface area contributed by atoms with Gasteiger partial charge < -0.3 is 4.98 Å². The monoisotopic (exact) mass is 333 g/mol. The number of pyridine rings is 1. The Kier molecular flexibility index (Phi) is 2.70. The van der Waals surface area contributed by atoms with E-state index in [2.05, 4.69) is 9.97 Å². The number of aromatic amines is 2. The minimum absolute atomic E-state index is 0.00616. The van der Waals surface area contributed by atoms with Crippen LogP contribution in [0.25, 0.3) is 11.0 Å². The van der Waals surface area contributed by atoms with Gasteiger partial charge in [-0.1, -0.05) is 0 Å². The first-order chi connectivity index (χ1) is 7.56. The van der Waals surface area contributed by atoms with Gasteiger partial charge in [0.15, 0.2) is 0 Å². The van der Waals surface area contributed by atoms with Crippen molar-refractivity contribution in [3.63, 3.8) is 0 Å². The summed E-state index contributed by atoms with van der Waals surface area (Å²) in [5.41, 5.74) is -1.26. The fourth-order valence-electron chi connectivity index (χ4n) is 1.55. The van der Waals surface area contributed by atoms with Crippen LogP contribution in [-0.4, -0.2) is 14.5 Å². The maximum atomic E-state index is 11.8. The summed E-state index contributed by atoms with van der Waals surface area (Å²) in [4.78, 5) is 39.7. The van der Waals surface area contributed by atoms with E-state index in [1.165, 1.54) is 10.8 Å². The van der Waals surface area contributed by atoms with E-state index in [1.54, 1.807) is 6.92 Å². The number of aromatic nitrogens is 3. The van der Waals surface area contributed by atoms with Gasteiger partial charge in [0.1, 0.15) is 11.0 Å². The Morgan fingerprint density at radius 1 is 1.38 bits per heavy atom. The van der Waals surface area contributed by atoms with Crippen LogP contribution in [0.3, 0.4) is 0 Å². The van der Waals surface area contributed by atoms with E-state index in [9.17, 15) is 14.4 Å². The second-order valence-corrected chi connectivity index (χ2v) is 4.36. The normalized spacial score (nSPS) is 10.9. The predicted molar refractivity (Wildman–Crippen MR) is 67.8 cm³/mol. The molecule has 0 aliphatic carbocycles. The van der Waals surface area contributed by atoms with Gasteiger partial charge in [0.05, 0.1) is 3.57 Å². The quantitative estimate of drug-likeness (QED) is 0.721. The Hall–Kier alpha value is -1.38. The van der Waals surface area contributed by atoms with Crippen LogP contribution in [0.4, 0.5) is 0 Å². The van der Waals surface area contributed by atoms with Crippen LogP contribution in [0.2, 0.25) is 0 Å². The summed E-state index contributed by atoms with van der Waals surface area (Å²) in [5, 5.41) is -0.00616. The molecule has 2 heterocycles. The van der Waals surface area contributed by atoms with Gasteiger partial charge in [0, 0.05) is 12.7 Å². The van der Waals surface area contributed by atoms with E-state index in [0.717, 1.165) is 0 Å². The predicted octanol–water partition coefficient (Wildman–Crippen LogP) is 0.00260. The first-order valence-electron chi connectivity index (χ1n) is 4.60. The average Bonchev–Trinajstić information content (AvgIpc) is 2.23. The molecule has 0 fully saturated rings. The molecule has 0 aliphatic rings. The maximum absolute atomic E-state index is 11.8. The standard InChI is InChI=1S/C9H8IN3O3/c1-2-13-7-5(8(15)12-9(13)16)6(14)4(10)3-11-7/h3H,2H2,1H3,(H,11,14)(H,12,15,16). The molecule has 7 heteroatoms. The average molecular weight is 333 g/mol. The summed E-state index contributed by atoms with van der Waals surface area (Å²) in [6, 6.07) is 0. The molecule has 0 radical (unpaired) electrons. The highest BCUT2D eigenvalue weighted by Gasteiger charge is 2.11. The fourth-order valence-corrected chi connectivity index (χ4v) is 1.98. The summed E-state index contributed by atoms with van der Waals surface area (Å²) >= 11 is 1.84. The van der Waals surface area contributed by atoms with E-state index in [4.69, 9.17) is 0 Å². The number of H-pyrrole nitrogens is 2. The fraction of sp³-hybridized carbons (Fsp3) is 0.222. The Bertz CT molecular complexity index is 725. The third kappa shape index (κ3) is 1.51. The lowest BCUT2D eigenvalue weighted by Crippen LogP contribution is -2.33. The second-order valence-electron chi connectivity index (χ2n) is 3.19. The van der Waals surface area contributed by atoms with E-state index in [0.29, 0.717) is 10.1 Å². The van der Waals surface area contributed by atoms with Crippen molar-refractivity contribution in [3.05, 3.63) is 40.8 Å². The highest BCUT2D eigenvalue weighted by molar-refractivity contribution is 14.1. The maximum Gasteiger partial charge on any atom is 0.329 e. The number of hydrogen-bond donors (Lipinski definition) is 2. The molecule has 2 aromatic rings. The summed E-state index contributed by atoms with van der Waals surface area (Å²) in [7, 11) is 0. The van der Waals surface area contributed by atoms with E-state index < -0.39 is 11.2 Å². The van der Waals surface area contributed by atoms with Crippen molar-refractivity contribution in [2.75, 3.05) is 0 Å². The van der Waals surface area contributed by atoms with Crippen LogP contribution in [0.15, 0.2) is 20.6 Å². The second kappa shape index (κ2) is 3.89. The molecule has 84 valence electrons. The summed E-state index contributed by atoms with van der Waals surface area (Å²) in [5.74, 6) is 0. The molecular formula is C9H8IN3O3. The van der Waals surface area contributed by atoms with Gasteiger partial charge in [-0.05, 0) is 29.5 Å². The topological polar surface area (TPSA) is 87.7 Å². The van der Waals surface area contributed by atoms with Crippen LogP contribution in [0.1, 0.15) is 6.92 Å². The van der Waals surface area contributed by atoms with Crippen LogP contribution >= 0.6 is 22.6 Å². The van der Waals surface area contributed by atoms with Crippen molar-refractivity contribution in [2.45, 2.75) is 13.5 Å². The Morgan fingerprint density at radius 2 is 2.06 bits per heavy atom. The van der Waals surface area contributed by atoms with E-state index >= 15 is 0 Å². The third-order valence-electron chi connectivity index (χ3n) is 2.30.